The van der Waals surface area contributed by atoms with Crippen LogP contribution in [0.3, 0.4) is 0 Å². The average molecular weight is 220 g/mol. The monoisotopic (exact) mass is 220 g/mol. The number of halogens is 1. The van der Waals surface area contributed by atoms with Gasteiger partial charge in [-0.15, -0.1) is 0 Å². The summed E-state index contributed by atoms with van der Waals surface area (Å²) in [6, 6.07) is 3.57. The Hall–Kier alpha value is -2.15. The first-order valence-corrected chi connectivity index (χ1v) is 4.61. The van der Waals surface area contributed by atoms with Crippen LogP contribution in [0.15, 0.2) is 18.2 Å². The van der Waals surface area contributed by atoms with Crippen molar-refractivity contribution in [1.82, 2.24) is 0 Å². The van der Waals surface area contributed by atoms with Crippen molar-refractivity contribution < 1.29 is 18.7 Å². The van der Waals surface area contributed by atoms with Crippen LogP contribution in [0, 0.1) is 17.7 Å². The van der Waals surface area contributed by atoms with Crippen molar-refractivity contribution in [3.8, 4) is 11.8 Å². The largest absolute Gasteiger partial charge is 0.456 e. The van der Waals surface area contributed by atoms with Crippen LogP contribution in [-0.4, -0.2) is 18.9 Å². The van der Waals surface area contributed by atoms with E-state index in [-0.39, 0.29) is 12.2 Å². The summed E-state index contributed by atoms with van der Waals surface area (Å²) in [7, 11) is 0. The maximum atomic E-state index is 12.8. The molecule has 0 aliphatic carbocycles. The molecule has 82 valence electrons. The van der Waals surface area contributed by atoms with Crippen LogP contribution in [0.2, 0.25) is 0 Å². The van der Waals surface area contributed by atoms with E-state index in [1.54, 1.807) is 6.92 Å². The highest BCUT2D eigenvalue weighted by Gasteiger charge is 2.01. The van der Waals surface area contributed by atoms with E-state index in [9.17, 15) is 14.0 Å². The molecule has 0 saturated heterocycles. The second-order valence-corrected chi connectivity index (χ2v) is 2.82. The number of ether oxygens (including phenoxy) is 1. The molecule has 0 N–H and O–H groups in total. The number of carbonyl (C=O) groups is 2. The molecule has 0 fully saturated rings. The smallest absolute Gasteiger partial charge is 0.384 e. The lowest BCUT2D eigenvalue weighted by molar-refractivity contribution is -0.136. The first-order chi connectivity index (χ1) is 7.67. The lowest BCUT2D eigenvalue weighted by atomic mass is 10.1. The number of esters is 1. The second-order valence-electron chi connectivity index (χ2n) is 2.82. The van der Waals surface area contributed by atoms with Gasteiger partial charge in [0.2, 0.25) is 0 Å². The first kappa shape index (κ1) is 11.9. The molecule has 0 atom stereocenters. The molecular formula is C12H9FO3. The molecule has 0 amide bonds. The van der Waals surface area contributed by atoms with Gasteiger partial charge in [0.05, 0.1) is 6.61 Å². The molecule has 1 aromatic carbocycles. The van der Waals surface area contributed by atoms with Crippen LogP contribution < -0.4 is 0 Å². The van der Waals surface area contributed by atoms with Gasteiger partial charge in [0.1, 0.15) is 5.82 Å². The van der Waals surface area contributed by atoms with Gasteiger partial charge in [-0.2, -0.15) is 0 Å². The van der Waals surface area contributed by atoms with Gasteiger partial charge >= 0.3 is 5.97 Å². The van der Waals surface area contributed by atoms with Crippen LogP contribution in [0.4, 0.5) is 4.39 Å². The molecule has 0 aliphatic rings. The van der Waals surface area contributed by atoms with Crippen molar-refractivity contribution in [2.45, 2.75) is 6.92 Å². The van der Waals surface area contributed by atoms with Gasteiger partial charge in [-0.05, 0) is 25.1 Å². The number of rotatable bonds is 2. The van der Waals surface area contributed by atoms with E-state index in [0.717, 1.165) is 6.07 Å². The molecule has 0 bridgehead atoms. The molecule has 0 aromatic heterocycles. The van der Waals surface area contributed by atoms with E-state index in [4.69, 9.17) is 0 Å². The molecule has 4 heteroatoms. The van der Waals surface area contributed by atoms with Gasteiger partial charge in [0.15, 0.2) is 6.29 Å². The van der Waals surface area contributed by atoms with E-state index in [1.165, 1.54) is 12.1 Å². The molecular weight excluding hydrogens is 211 g/mol. The number of hydrogen-bond acceptors (Lipinski definition) is 3. The highest BCUT2D eigenvalue weighted by Crippen LogP contribution is 2.07. The Kier molecular flexibility index (Phi) is 4.22. The first-order valence-electron chi connectivity index (χ1n) is 4.61. The summed E-state index contributed by atoms with van der Waals surface area (Å²) >= 11 is 0. The van der Waals surface area contributed by atoms with Crippen molar-refractivity contribution in [2.75, 3.05) is 6.61 Å². The SMILES string of the molecule is CCOC(=O)C#Cc1ccc(F)cc1C=O. The summed E-state index contributed by atoms with van der Waals surface area (Å²) in [6.07, 6.45) is 0.484. The number of carbonyl (C=O) groups excluding carboxylic acids is 2. The van der Waals surface area contributed by atoms with Crippen LogP contribution in [0.1, 0.15) is 22.8 Å². The minimum Gasteiger partial charge on any atom is -0.456 e. The maximum absolute atomic E-state index is 12.8. The van der Waals surface area contributed by atoms with E-state index < -0.39 is 11.8 Å². The lowest BCUT2D eigenvalue weighted by Gasteiger charge is -1.96. The highest BCUT2D eigenvalue weighted by molar-refractivity contribution is 5.90. The fourth-order valence-electron chi connectivity index (χ4n) is 1.03. The maximum Gasteiger partial charge on any atom is 0.384 e. The summed E-state index contributed by atoms with van der Waals surface area (Å²) in [6.45, 7) is 1.89. The predicted octanol–water partition coefficient (Wildman–Crippen LogP) is 1.55. The van der Waals surface area contributed by atoms with Crippen LogP contribution >= 0.6 is 0 Å². The normalized spacial score (nSPS) is 8.88. The third-order valence-electron chi connectivity index (χ3n) is 1.72. The topological polar surface area (TPSA) is 43.4 Å². The third kappa shape index (κ3) is 3.21. The molecule has 1 aromatic rings. The second kappa shape index (κ2) is 5.66. The van der Waals surface area contributed by atoms with Gasteiger partial charge < -0.3 is 4.74 Å². The molecule has 0 saturated carbocycles. The summed E-state index contributed by atoms with van der Waals surface area (Å²) in [5.41, 5.74) is 0.404. The van der Waals surface area contributed by atoms with Gasteiger partial charge in [-0.1, -0.05) is 5.92 Å². The van der Waals surface area contributed by atoms with Crippen molar-refractivity contribution in [1.29, 1.82) is 0 Å². The Morgan fingerprint density at radius 1 is 1.56 bits per heavy atom. The van der Waals surface area contributed by atoms with Crippen molar-refractivity contribution in [3.63, 3.8) is 0 Å². The van der Waals surface area contributed by atoms with Gasteiger partial charge in [-0.3, -0.25) is 4.79 Å². The van der Waals surface area contributed by atoms with Gasteiger partial charge in [0, 0.05) is 17.0 Å². The predicted molar refractivity (Wildman–Crippen MR) is 55.3 cm³/mol. The van der Waals surface area contributed by atoms with E-state index >= 15 is 0 Å². The molecule has 3 nitrogen and oxygen atoms in total. The molecule has 0 spiro atoms. The molecule has 0 radical (unpaired) electrons. The molecule has 0 aliphatic heterocycles. The fraction of sp³-hybridized carbons (Fsp3) is 0.167. The fourth-order valence-corrected chi connectivity index (χ4v) is 1.03. The van der Waals surface area contributed by atoms with E-state index in [0.29, 0.717) is 11.8 Å². The zero-order chi connectivity index (χ0) is 12.0. The Labute approximate surface area is 92.2 Å². The minimum absolute atomic E-state index is 0.108. The van der Waals surface area contributed by atoms with Crippen molar-refractivity contribution in [2.24, 2.45) is 0 Å². The molecule has 0 unspecified atom stereocenters. The van der Waals surface area contributed by atoms with Gasteiger partial charge in [-0.25, -0.2) is 9.18 Å². The number of aldehydes is 1. The summed E-state index contributed by atoms with van der Waals surface area (Å²) in [5, 5.41) is 0. The van der Waals surface area contributed by atoms with Crippen LogP contribution in [0.5, 0.6) is 0 Å². The minimum atomic E-state index is -0.677. The molecule has 0 heterocycles. The standard InChI is InChI=1S/C12H9FO3/c1-2-16-12(15)6-4-9-3-5-11(13)7-10(9)8-14/h3,5,7-8H,2H2,1H3. The van der Waals surface area contributed by atoms with Crippen molar-refractivity contribution >= 4 is 12.3 Å². The third-order valence-corrected chi connectivity index (χ3v) is 1.72. The highest BCUT2D eigenvalue weighted by atomic mass is 19.1. The van der Waals surface area contributed by atoms with E-state index in [1.807, 2.05) is 0 Å². The Morgan fingerprint density at radius 3 is 2.94 bits per heavy atom. The number of benzene rings is 1. The molecule has 1 rings (SSSR count). The average Bonchev–Trinajstić information content (AvgIpc) is 2.27. The lowest BCUT2D eigenvalue weighted by Crippen LogP contribution is -2.00. The Balaban J connectivity index is 2.96. The Morgan fingerprint density at radius 2 is 2.31 bits per heavy atom. The quantitative estimate of drug-likeness (QED) is 0.431. The van der Waals surface area contributed by atoms with Gasteiger partial charge in [0.25, 0.3) is 0 Å². The zero-order valence-corrected chi connectivity index (χ0v) is 8.62. The summed E-state index contributed by atoms with van der Waals surface area (Å²) in [4.78, 5) is 21.5. The summed E-state index contributed by atoms with van der Waals surface area (Å²) in [5.74, 6) is 3.45. The van der Waals surface area contributed by atoms with Crippen LogP contribution in [0.25, 0.3) is 0 Å². The van der Waals surface area contributed by atoms with Crippen molar-refractivity contribution in [3.05, 3.63) is 35.1 Å². The van der Waals surface area contributed by atoms with Crippen LogP contribution in [-0.2, 0) is 9.53 Å². The zero-order valence-electron chi connectivity index (χ0n) is 8.62. The number of hydrogen-bond donors (Lipinski definition) is 0. The Bertz CT molecular complexity index is 469. The molecule has 16 heavy (non-hydrogen) atoms. The van der Waals surface area contributed by atoms with E-state index in [2.05, 4.69) is 16.6 Å². The summed E-state index contributed by atoms with van der Waals surface area (Å²) < 4.78 is 17.3.